The molecule has 1 aromatic carbocycles. The molecule has 0 bridgehead atoms. The number of anilines is 1. The van der Waals surface area contributed by atoms with Crippen LogP contribution in [0.1, 0.15) is 92.2 Å². The zero-order chi connectivity index (χ0) is 26.7. The zero-order valence-electron chi connectivity index (χ0n) is 24.8. The maximum absolute atomic E-state index is 4.13. The molecule has 0 amide bonds. The number of hydrogen-bond acceptors (Lipinski definition) is 2. The summed E-state index contributed by atoms with van der Waals surface area (Å²) in [6, 6.07) is 8.02. The van der Waals surface area contributed by atoms with Gasteiger partial charge in [0.2, 0.25) is 0 Å². The molecule has 1 heterocycles. The summed E-state index contributed by atoms with van der Waals surface area (Å²) in [5.41, 5.74) is 8.66. The minimum atomic E-state index is -1.77. The number of allylic oxidation sites excluding steroid dienone is 4. The van der Waals surface area contributed by atoms with Crippen molar-refractivity contribution in [1.82, 2.24) is 4.90 Å². The van der Waals surface area contributed by atoms with Gasteiger partial charge in [0.1, 0.15) is 8.07 Å². The summed E-state index contributed by atoms with van der Waals surface area (Å²) in [5.74, 6) is 1.91. The molecular formula is C32H52N2Si. The highest BCUT2D eigenvalue weighted by Gasteiger charge is 2.38. The van der Waals surface area contributed by atoms with Gasteiger partial charge in [0.05, 0.1) is 6.67 Å². The van der Waals surface area contributed by atoms with Crippen LogP contribution in [0.2, 0.25) is 19.1 Å². The standard InChI is InChI=1S/C32H52N2Si/c1-14-19-35(12,13)30-20-33(31(26(11)22(3)4)27(15-2)23(5)6)21-34(30)32-28(24(7)8)17-16-18-29(32)25(9)10/h14-18,20,22-25H,1,19,21H2,2-13H3/b27-15-,31-26-. The summed E-state index contributed by atoms with van der Waals surface area (Å²) in [7, 11) is -1.77. The molecule has 1 aromatic rings. The van der Waals surface area contributed by atoms with Crippen LogP contribution in [0.25, 0.3) is 0 Å². The van der Waals surface area contributed by atoms with Crippen molar-refractivity contribution in [1.29, 1.82) is 0 Å². The number of para-hydroxylation sites is 1. The van der Waals surface area contributed by atoms with Gasteiger partial charge in [-0.1, -0.05) is 98.8 Å². The Hall–Kier alpha value is -2.00. The van der Waals surface area contributed by atoms with Crippen LogP contribution in [0.3, 0.4) is 0 Å². The van der Waals surface area contributed by atoms with Crippen LogP contribution in [0.5, 0.6) is 0 Å². The van der Waals surface area contributed by atoms with Gasteiger partial charge in [0, 0.05) is 22.9 Å². The first kappa shape index (κ1) is 29.2. The fraction of sp³-hybridized carbons (Fsp3) is 0.562. The molecule has 35 heavy (non-hydrogen) atoms. The molecule has 0 atom stereocenters. The average molecular weight is 493 g/mol. The summed E-state index contributed by atoms with van der Waals surface area (Å²) < 4.78 is 0. The molecule has 3 heteroatoms. The van der Waals surface area contributed by atoms with Crippen molar-refractivity contribution in [2.75, 3.05) is 11.6 Å². The zero-order valence-corrected chi connectivity index (χ0v) is 25.8. The lowest BCUT2D eigenvalue weighted by atomic mass is 9.91. The normalized spacial score (nSPS) is 16.1. The molecular weight excluding hydrogens is 440 g/mol. The first-order valence-electron chi connectivity index (χ1n) is 13.7. The maximum atomic E-state index is 4.13. The van der Waals surface area contributed by atoms with E-state index in [2.05, 4.69) is 135 Å². The molecule has 0 saturated heterocycles. The SMILES string of the molecule is C=CC[Si](C)(C)C1=CN(C(/C(=C\C)C(C)C)=C(/C)C(C)C)CN1c1c(C(C)C)cccc1C(C)C. The Bertz CT molecular complexity index is 963. The molecule has 0 spiro atoms. The lowest BCUT2D eigenvalue weighted by Crippen LogP contribution is -2.39. The lowest BCUT2D eigenvalue weighted by Gasteiger charge is -2.36. The van der Waals surface area contributed by atoms with E-state index in [-0.39, 0.29) is 0 Å². The molecule has 1 aliphatic heterocycles. The van der Waals surface area contributed by atoms with Crippen molar-refractivity contribution in [2.45, 2.75) is 100 Å². The molecule has 0 unspecified atom stereocenters. The predicted molar refractivity (Wildman–Crippen MR) is 161 cm³/mol. The fourth-order valence-electron chi connectivity index (χ4n) is 5.28. The average Bonchev–Trinajstić information content (AvgIpc) is 3.21. The molecule has 0 fully saturated rings. The molecule has 0 N–H and O–H groups in total. The lowest BCUT2D eigenvalue weighted by molar-refractivity contribution is 0.480. The topological polar surface area (TPSA) is 6.48 Å². The van der Waals surface area contributed by atoms with Gasteiger partial charge in [-0.3, -0.25) is 0 Å². The van der Waals surface area contributed by atoms with Gasteiger partial charge in [-0.2, -0.15) is 0 Å². The summed E-state index contributed by atoms with van der Waals surface area (Å²) in [6.45, 7) is 33.1. The third kappa shape index (κ3) is 6.23. The van der Waals surface area contributed by atoms with Crippen LogP contribution in [0.15, 0.2) is 65.3 Å². The third-order valence-corrected chi connectivity index (χ3v) is 10.7. The summed E-state index contributed by atoms with van der Waals surface area (Å²) in [6.07, 6.45) is 6.97. The van der Waals surface area contributed by atoms with Crippen molar-refractivity contribution in [3.8, 4) is 0 Å². The van der Waals surface area contributed by atoms with E-state index in [1.165, 1.54) is 39.0 Å². The Labute approximate surface area is 218 Å². The van der Waals surface area contributed by atoms with E-state index in [1.54, 1.807) is 0 Å². The van der Waals surface area contributed by atoms with Crippen molar-refractivity contribution >= 4 is 13.8 Å². The largest absolute Gasteiger partial charge is 0.329 e. The Kier molecular flexibility index (Phi) is 9.87. The highest BCUT2D eigenvalue weighted by Crippen LogP contribution is 2.43. The monoisotopic (exact) mass is 492 g/mol. The maximum Gasteiger partial charge on any atom is 0.107 e. The Balaban J connectivity index is 2.86. The molecule has 0 aliphatic carbocycles. The van der Waals surface area contributed by atoms with Crippen LogP contribution in [-0.2, 0) is 0 Å². The van der Waals surface area contributed by atoms with E-state index < -0.39 is 8.07 Å². The fourth-order valence-corrected chi connectivity index (χ4v) is 7.63. The minimum Gasteiger partial charge on any atom is -0.329 e. The quantitative estimate of drug-likeness (QED) is 0.182. The van der Waals surface area contributed by atoms with E-state index in [0.717, 1.165) is 12.7 Å². The Morgan fingerprint density at radius 1 is 0.971 bits per heavy atom. The van der Waals surface area contributed by atoms with Gasteiger partial charge in [-0.15, -0.1) is 6.58 Å². The van der Waals surface area contributed by atoms with Gasteiger partial charge in [-0.25, -0.2) is 0 Å². The van der Waals surface area contributed by atoms with E-state index in [4.69, 9.17) is 0 Å². The van der Waals surface area contributed by atoms with Gasteiger partial charge >= 0.3 is 0 Å². The molecule has 0 aromatic heterocycles. The second-order valence-corrected chi connectivity index (χ2v) is 16.8. The second kappa shape index (κ2) is 11.8. The summed E-state index contributed by atoms with van der Waals surface area (Å²) >= 11 is 0. The van der Waals surface area contributed by atoms with Gasteiger partial charge < -0.3 is 9.80 Å². The second-order valence-electron chi connectivity index (χ2n) is 12.1. The smallest absolute Gasteiger partial charge is 0.107 e. The number of benzene rings is 1. The van der Waals surface area contributed by atoms with Crippen LogP contribution < -0.4 is 4.90 Å². The highest BCUT2D eigenvalue weighted by atomic mass is 28.3. The summed E-state index contributed by atoms with van der Waals surface area (Å²) in [5, 5.41) is 1.51. The van der Waals surface area contributed by atoms with Crippen molar-refractivity contribution in [2.24, 2.45) is 11.8 Å². The highest BCUT2D eigenvalue weighted by molar-refractivity contribution is 6.85. The molecule has 0 radical (unpaired) electrons. The van der Waals surface area contributed by atoms with Crippen molar-refractivity contribution in [3.05, 3.63) is 76.4 Å². The van der Waals surface area contributed by atoms with Crippen molar-refractivity contribution in [3.63, 3.8) is 0 Å². The van der Waals surface area contributed by atoms with E-state index in [0.29, 0.717) is 23.7 Å². The number of rotatable bonds is 10. The Morgan fingerprint density at radius 3 is 1.91 bits per heavy atom. The van der Waals surface area contributed by atoms with Gasteiger partial charge in [0.25, 0.3) is 0 Å². The van der Waals surface area contributed by atoms with Gasteiger partial charge in [0.15, 0.2) is 0 Å². The molecule has 2 rings (SSSR count). The Morgan fingerprint density at radius 2 is 1.51 bits per heavy atom. The van der Waals surface area contributed by atoms with Crippen LogP contribution in [-0.4, -0.2) is 19.6 Å². The molecule has 2 nitrogen and oxygen atoms in total. The third-order valence-electron chi connectivity index (χ3n) is 7.56. The van der Waals surface area contributed by atoms with Crippen LogP contribution in [0, 0.1) is 11.8 Å². The van der Waals surface area contributed by atoms with Crippen LogP contribution >= 0.6 is 0 Å². The van der Waals surface area contributed by atoms with Crippen LogP contribution in [0.4, 0.5) is 5.69 Å². The molecule has 194 valence electrons. The predicted octanol–water partition coefficient (Wildman–Crippen LogP) is 9.82. The number of hydrogen-bond donors (Lipinski definition) is 0. The van der Waals surface area contributed by atoms with Crippen molar-refractivity contribution < 1.29 is 0 Å². The summed E-state index contributed by atoms with van der Waals surface area (Å²) in [4.78, 5) is 5.25. The molecule has 0 saturated carbocycles. The van der Waals surface area contributed by atoms with Gasteiger partial charge in [-0.05, 0) is 65.8 Å². The molecule has 1 aliphatic rings. The van der Waals surface area contributed by atoms with E-state index >= 15 is 0 Å². The first-order chi connectivity index (χ1) is 16.3. The first-order valence-corrected chi connectivity index (χ1v) is 16.9. The minimum absolute atomic E-state index is 0.470. The number of nitrogens with zero attached hydrogens (tertiary/aromatic N) is 2. The van der Waals surface area contributed by atoms with E-state index in [9.17, 15) is 0 Å². The van der Waals surface area contributed by atoms with E-state index in [1.807, 2.05) is 0 Å².